The van der Waals surface area contributed by atoms with Gasteiger partial charge in [-0.15, -0.1) is 0 Å². The van der Waals surface area contributed by atoms with E-state index in [0.717, 1.165) is 25.1 Å². The standard InChI is InChI=1S/C18H21ClN2O.C2H2O4/c19-15-5-3-4-13(10-15)18(22)12-20-9-8-14-11-21-17-7-2-1-6-16(14)17;3-1(4)2(5)6/h1-7,10,14,18,20-22H,8-9,11-12H2;(H,3,4)(H,5,6). The zero-order valence-electron chi connectivity index (χ0n) is 15.1. The number of rotatable bonds is 6. The van der Waals surface area contributed by atoms with Gasteiger partial charge in [0.2, 0.25) is 0 Å². The topological polar surface area (TPSA) is 119 Å². The molecule has 1 aliphatic heterocycles. The quantitative estimate of drug-likeness (QED) is 0.369. The lowest BCUT2D eigenvalue weighted by molar-refractivity contribution is -0.159. The molecular formula is C20H23ClN2O5. The number of carboxylic acid groups (broad SMARTS) is 2. The highest BCUT2D eigenvalue weighted by molar-refractivity contribution is 6.30. The van der Waals surface area contributed by atoms with Gasteiger partial charge in [-0.1, -0.05) is 41.9 Å². The number of carboxylic acids is 2. The van der Waals surface area contributed by atoms with Crippen molar-refractivity contribution in [3.63, 3.8) is 0 Å². The largest absolute Gasteiger partial charge is 0.473 e. The summed E-state index contributed by atoms with van der Waals surface area (Å²) in [6.45, 7) is 2.43. The Labute approximate surface area is 168 Å². The molecule has 0 saturated carbocycles. The van der Waals surface area contributed by atoms with E-state index in [0.29, 0.717) is 17.5 Å². The molecule has 0 fully saturated rings. The summed E-state index contributed by atoms with van der Waals surface area (Å²) in [5, 5.41) is 32.4. The van der Waals surface area contributed by atoms with Crippen molar-refractivity contribution in [3.8, 4) is 0 Å². The molecular weight excluding hydrogens is 384 g/mol. The molecule has 2 unspecified atom stereocenters. The lowest BCUT2D eigenvalue weighted by Crippen LogP contribution is -2.24. The van der Waals surface area contributed by atoms with Crippen LogP contribution in [0, 0.1) is 0 Å². The maximum atomic E-state index is 10.2. The van der Waals surface area contributed by atoms with Crippen LogP contribution in [0.15, 0.2) is 48.5 Å². The fourth-order valence-corrected chi connectivity index (χ4v) is 3.16. The van der Waals surface area contributed by atoms with Gasteiger partial charge in [0.25, 0.3) is 0 Å². The molecule has 0 aliphatic carbocycles. The van der Waals surface area contributed by atoms with Gasteiger partial charge in [-0.25, -0.2) is 9.59 Å². The minimum atomic E-state index is -1.82. The first kappa shape index (κ1) is 21.7. The number of hydrogen-bond acceptors (Lipinski definition) is 5. The minimum Gasteiger partial charge on any atom is -0.473 e. The van der Waals surface area contributed by atoms with Crippen LogP contribution >= 0.6 is 11.6 Å². The molecule has 0 spiro atoms. The summed E-state index contributed by atoms with van der Waals surface area (Å²) in [4.78, 5) is 18.2. The number of aliphatic hydroxyl groups excluding tert-OH is 1. The second kappa shape index (κ2) is 10.7. The minimum absolute atomic E-state index is 0.521. The summed E-state index contributed by atoms with van der Waals surface area (Å²) in [7, 11) is 0. The molecule has 2 atom stereocenters. The highest BCUT2D eigenvalue weighted by Gasteiger charge is 2.20. The molecule has 0 radical (unpaired) electrons. The molecule has 28 heavy (non-hydrogen) atoms. The van der Waals surface area contributed by atoms with Crippen molar-refractivity contribution in [2.24, 2.45) is 0 Å². The summed E-state index contributed by atoms with van der Waals surface area (Å²) < 4.78 is 0. The Morgan fingerprint density at radius 2 is 1.86 bits per heavy atom. The number of nitrogens with one attached hydrogen (secondary N) is 2. The molecule has 0 aromatic heterocycles. The van der Waals surface area contributed by atoms with Crippen LogP contribution in [0.2, 0.25) is 5.02 Å². The predicted octanol–water partition coefficient (Wildman–Crippen LogP) is 2.72. The third-order valence-electron chi connectivity index (χ3n) is 4.36. The van der Waals surface area contributed by atoms with Crippen LogP contribution in [-0.2, 0) is 9.59 Å². The van der Waals surface area contributed by atoms with Gasteiger partial charge >= 0.3 is 11.9 Å². The molecule has 0 bridgehead atoms. The molecule has 5 N–H and O–H groups in total. The van der Waals surface area contributed by atoms with E-state index in [9.17, 15) is 5.11 Å². The molecule has 1 aliphatic rings. The summed E-state index contributed by atoms with van der Waals surface area (Å²) in [5.74, 6) is -3.10. The highest BCUT2D eigenvalue weighted by atomic mass is 35.5. The number of halogens is 1. The van der Waals surface area contributed by atoms with Gasteiger partial charge < -0.3 is 26.0 Å². The van der Waals surface area contributed by atoms with Gasteiger partial charge in [-0.05, 0) is 42.3 Å². The lowest BCUT2D eigenvalue weighted by Gasteiger charge is -2.14. The van der Waals surface area contributed by atoms with Crippen molar-refractivity contribution in [1.82, 2.24) is 5.32 Å². The van der Waals surface area contributed by atoms with Crippen LogP contribution in [-0.4, -0.2) is 46.9 Å². The monoisotopic (exact) mass is 406 g/mol. The number of hydrogen-bond donors (Lipinski definition) is 5. The summed E-state index contributed by atoms with van der Waals surface area (Å²) in [6.07, 6.45) is 0.541. The molecule has 1 heterocycles. The summed E-state index contributed by atoms with van der Waals surface area (Å²) in [5.41, 5.74) is 3.51. The fourth-order valence-electron chi connectivity index (χ4n) is 2.96. The van der Waals surface area contributed by atoms with E-state index in [4.69, 9.17) is 31.4 Å². The molecule has 150 valence electrons. The van der Waals surface area contributed by atoms with Gasteiger partial charge in [0, 0.05) is 29.7 Å². The van der Waals surface area contributed by atoms with E-state index in [2.05, 4.69) is 34.9 Å². The smallest absolute Gasteiger partial charge is 0.414 e. The van der Waals surface area contributed by atoms with Gasteiger partial charge in [0.1, 0.15) is 0 Å². The first-order chi connectivity index (χ1) is 13.4. The molecule has 3 rings (SSSR count). The van der Waals surface area contributed by atoms with Gasteiger partial charge in [0.15, 0.2) is 0 Å². The average Bonchev–Trinajstić information content (AvgIpc) is 3.08. The summed E-state index contributed by atoms with van der Waals surface area (Å²) in [6, 6.07) is 15.9. The van der Waals surface area contributed by atoms with Crippen molar-refractivity contribution in [2.75, 3.05) is 25.0 Å². The number of aliphatic hydroxyl groups is 1. The van der Waals surface area contributed by atoms with Gasteiger partial charge in [-0.2, -0.15) is 0 Å². The maximum Gasteiger partial charge on any atom is 0.414 e. The average molecular weight is 407 g/mol. The fraction of sp³-hybridized carbons (Fsp3) is 0.300. The second-order valence-electron chi connectivity index (χ2n) is 6.34. The van der Waals surface area contributed by atoms with Crippen LogP contribution in [0.5, 0.6) is 0 Å². The van der Waals surface area contributed by atoms with Crippen LogP contribution in [0.1, 0.15) is 29.6 Å². The van der Waals surface area contributed by atoms with Crippen molar-refractivity contribution in [1.29, 1.82) is 0 Å². The van der Waals surface area contributed by atoms with Crippen molar-refractivity contribution >= 4 is 29.2 Å². The zero-order valence-corrected chi connectivity index (χ0v) is 15.9. The van der Waals surface area contributed by atoms with Crippen LogP contribution in [0.4, 0.5) is 5.69 Å². The Morgan fingerprint density at radius 3 is 2.54 bits per heavy atom. The number of fused-ring (bicyclic) bond motifs is 1. The van der Waals surface area contributed by atoms with Crippen LogP contribution < -0.4 is 10.6 Å². The first-order valence-electron chi connectivity index (χ1n) is 8.81. The van der Waals surface area contributed by atoms with Crippen molar-refractivity contribution < 1.29 is 24.9 Å². The Kier molecular flexibility index (Phi) is 8.25. The Bertz CT molecular complexity index is 803. The molecule has 0 amide bonds. The van der Waals surface area contributed by atoms with E-state index < -0.39 is 18.0 Å². The highest BCUT2D eigenvalue weighted by Crippen LogP contribution is 2.32. The SMILES string of the molecule is O=C(O)C(=O)O.OC(CNCCC1CNc2ccccc21)c1cccc(Cl)c1. The third kappa shape index (κ3) is 6.53. The number of anilines is 1. The first-order valence-corrected chi connectivity index (χ1v) is 9.19. The van der Waals surface area contributed by atoms with E-state index >= 15 is 0 Å². The number of carbonyl (C=O) groups is 2. The number of benzene rings is 2. The Hall–Kier alpha value is -2.61. The summed E-state index contributed by atoms with van der Waals surface area (Å²) >= 11 is 5.95. The normalized spacial score (nSPS) is 15.6. The predicted molar refractivity (Wildman–Crippen MR) is 107 cm³/mol. The van der Waals surface area contributed by atoms with E-state index in [1.165, 1.54) is 11.3 Å². The second-order valence-corrected chi connectivity index (χ2v) is 6.78. The van der Waals surface area contributed by atoms with Gasteiger partial charge in [0.05, 0.1) is 6.10 Å². The van der Waals surface area contributed by atoms with E-state index in [1.54, 1.807) is 0 Å². The third-order valence-corrected chi connectivity index (χ3v) is 4.60. The van der Waals surface area contributed by atoms with Crippen LogP contribution in [0.3, 0.4) is 0 Å². The zero-order chi connectivity index (χ0) is 20.5. The van der Waals surface area contributed by atoms with Gasteiger partial charge in [-0.3, -0.25) is 0 Å². The Morgan fingerprint density at radius 1 is 1.14 bits per heavy atom. The lowest BCUT2D eigenvalue weighted by atomic mass is 9.98. The Balaban J connectivity index is 0.000000409. The van der Waals surface area contributed by atoms with E-state index in [1.807, 2.05) is 24.3 Å². The number of para-hydroxylation sites is 1. The molecule has 2 aromatic carbocycles. The molecule has 8 heteroatoms. The maximum absolute atomic E-state index is 10.2. The molecule has 0 saturated heterocycles. The van der Waals surface area contributed by atoms with Crippen molar-refractivity contribution in [2.45, 2.75) is 18.4 Å². The van der Waals surface area contributed by atoms with Crippen molar-refractivity contribution in [3.05, 3.63) is 64.7 Å². The molecule has 7 nitrogen and oxygen atoms in total. The van der Waals surface area contributed by atoms with Crippen LogP contribution in [0.25, 0.3) is 0 Å². The molecule has 2 aromatic rings. The number of aliphatic carboxylic acids is 2. The van der Waals surface area contributed by atoms with E-state index in [-0.39, 0.29) is 0 Å².